The van der Waals surface area contributed by atoms with Gasteiger partial charge in [0.25, 0.3) is 5.91 Å². The Hall–Kier alpha value is -1.63. The summed E-state index contributed by atoms with van der Waals surface area (Å²) in [5.74, 6) is 0.655. The summed E-state index contributed by atoms with van der Waals surface area (Å²) in [6.45, 7) is 5.80. The summed E-state index contributed by atoms with van der Waals surface area (Å²) in [7, 11) is 0. The largest absolute Gasteiger partial charge is 0.348 e. The summed E-state index contributed by atoms with van der Waals surface area (Å²) in [5.41, 5.74) is 2.55. The molecule has 1 amide bonds. The van der Waals surface area contributed by atoms with E-state index in [-0.39, 0.29) is 36.8 Å². The summed E-state index contributed by atoms with van der Waals surface area (Å²) in [4.78, 5) is 16.6. The molecule has 1 fully saturated rings. The quantitative estimate of drug-likeness (QED) is 0.867. The van der Waals surface area contributed by atoms with E-state index in [1.165, 1.54) is 0 Å². The molecule has 0 bridgehead atoms. The Morgan fingerprint density at radius 1 is 1.33 bits per heavy atom. The standard InChI is InChI=1S/C16H21N5O.2ClH/c1-11-8-12(2)21(20-11)15-6-5-13(9-18-15)16(22)19-14-4-3-7-17-10-14;;/h5-6,8-9,14,17H,3-4,7,10H2,1-2H3,(H,19,22);2*1H. The molecule has 2 N–H and O–H groups in total. The maximum absolute atomic E-state index is 12.2. The fourth-order valence-corrected chi connectivity index (χ4v) is 2.75. The van der Waals surface area contributed by atoms with Gasteiger partial charge in [-0.2, -0.15) is 5.10 Å². The molecule has 6 nitrogen and oxygen atoms in total. The van der Waals surface area contributed by atoms with Crippen molar-refractivity contribution in [3.8, 4) is 5.82 Å². The number of rotatable bonds is 3. The van der Waals surface area contributed by atoms with Gasteiger partial charge in [-0.1, -0.05) is 0 Å². The van der Waals surface area contributed by atoms with Gasteiger partial charge in [-0.15, -0.1) is 24.8 Å². The van der Waals surface area contributed by atoms with E-state index in [1.807, 2.05) is 26.0 Å². The number of carbonyl (C=O) groups excluding carboxylic acids is 1. The van der Waals surface area contributed by atoms with Gasteiger partial charge in [0.15, 0.2) is 5.82 Å². The fraction of sp³-hybridized carbons (Fsp3) is 0.438. The van der Waals surface area contributed by atoms with Crippen molar-refractivity contribution in [3.05, 3.63) is 41.3 Å². The zero-order valence-corrected chi connectivity index (χ0v) is 15.4. The first-order valence-corrected chi connectivity index (χ1v) is 7.65. The van der Waals surface area contributed by atoms with Crippen LogP contribution in [0, 0.1) is 13.8 Å². The van der Waals surface area contributed by atoms with Gasteiger partial charge < -0.3 is 10.6 Å². The van der Waals surface area contributed by atoms with Crippen LogP contribution >= 0.6 is 24.8 Å². The Labute approximate surface area is 154 Å². The summed E-state index contributed by atoms with van der Waals surface area (Å²) < 4.78 is 1.78. The molecule has 0 saturated carbocycles. The third kappa shape index (κ3) is 4.69. The van der Waals surface area contributed by atoms with Crippen LogP contribution in [-0.2, 0) is 0 Å². The number of nitrogens with one attached hydrogen (secondary N) is 2. The lowest BCUT2D eigenvalue weighted by Crippen LogP contribution is -2.45. The number of piperidine rings is 1. The third-order valence-electron chi connectivity index (χ3n) is 3.87. The van der Waals surface area contributed by atoms with Crippen LogP contribution in [-0.4, -0.2) is 39.8 Å². The first kappa shape index (κ1) is 20.4. The van der Waals surface area contributed by atoms with Crippen LogP contribution in [0.15, 0.2) is 24.4 Å². The molecule has 1 unspecified atom stereocenters. The second-order valence-corrected chi connectivity index (χ2v) is 5.76. The Kier molecular flexibility index (Phi) is 7.66. The number of amides is 1. The van der Waals surface area contributed by atoms with Crippen molar-refractivity contribution in [1.82, 2.24) is 25.4 Å². The fourth-order valence-electron chi connectivity index (χ4n) is 2.75. The molecule has 3 rings (SSSR count). The zero-order valence-electron chi connectivity index (χ0n) is 13.8. The topological polar surface area (TPSA) is 71.8 Å². The Bertz CT molecular complexity index is 666. The average Bonchev–Trinajstić information content (AvgIpc) is 2.87. The monoisotopic (exact) mass is 371 g/mol. The molecule has 1 saturated heterocycles. The number of hydrogen-bond acceptors (Lipinski definition) is 4. The van der Waals surface area contributed by atoms with Crippen molar-refractivity contribution in [2.24, 2.45) is 0 Å². The molecule has 0 aromatic carbocycles. The van der Waals surface area contributed by atoms with Crippen LogP contribution < -0.4 is 10.6 Å². The second kappa shape index (κ2) is 9.01. The van der Waals surface area contributed by atoms with E-state index in [0.29, 0.717) is 5.56 Å². The van der Waals surface area contributed by atoms with Crippen molar-refractivity contribution in [3.63, 3.8) is 0 Å². The van der Waals surface area contributed by atoms with Crippen molar-refractivity contribution in [1.29, 1.82) is 0 Å². The van der Waals surface area contributed by atoms with Gasteiger partial charge in [0.1, 0.15) is 0 Å². The predicted molar refractivity (Wildman–Crippen MR) is 98.7 cm³/mol. The van der Waals surface area contributed by atoms with E-state index in [0.717, 1.165) is 43.1 Å². The summed E-state index contributed by atoms with van der Waals surface area (Å²) >= 11 is 0. The van der Waals surface area contributed by atoms with Gasteiger partial charge in [-0.05, 0) is 51.4 Å². The first-order valence-electron chi connectivity index (χ1n) is 7.65. The Morgan fingerprint density at radius 3 is 2.67 bits per heavy atom. The van der Waals surface area contributed by atoms with Crippen molar-refractivity contribution in [2.45, 2.75) is 32.7 Å². The zero-order chi connectivity index (χ0) is 15.5. The molecule has 1 atom stereocenters. The van der Waals surface area contributed by atoms with Crippen LogP contribution in [0.3, 0.4) is 0 Å². The number of hydrogen-bond donors (Lipinski definition) is 2. The molecule has 3 heterocycles. The molecule has 0 aliphatic carbocycles. The van der Waals surface area contributed by atoms with Gasteiger partial charge in [0.05, 0.1) is 11.3 Å². The minimum atomic E-state index is -0.0684. The van der Waals surface area contributed by atoms with Gasteiger partial charge >= 0.3 is 0 Å². The summed E-state index contributed by atoms with van der Waals surface area (Å²) in [5, 5.41) is 10.7. The SMILES string of the molecule is Cc1cc(C)n(-c2ccc(C(=O)NC3CCCNC3)cn2)n1.Cl.Cl. The highest BCUT2D eigenvalue weighted by molar-refractivity contribution is 5.94. The van der Waals surface area contributed by atoms with Gasteiger partial charge in [-0.3, -0.25) is 4.79 Å². The van der Waals surface area contributed by atoms with Crippen LogP contribution in [0.2, 0.25) is 0 Å². The molecule has 8 heteroatoms. The second-order valence-electron chi connectivity index (χ2n) is 5.76. The number of carbonyl (C=O) groups is 1. The normalized spacial score (nSPS) is 16.7. The van der Waals surface area contributed by atoms with Crippen LogP contribution in [0.25, 0.3) is 5.82 Å². The van der Waals surface area contributed by atoms with E-state index in [1.54, 1.807) is 16.9 Å². The number of pyridine rings is 1. The van der Waals surface area contributed by atoms with Gasteiger partial charge in [-0.25, -0.2) is 9.67 Å². The lowest BCUT2D eigenvalue weighted by Gasteiger charge is -2.23. The van der Waals surface area contributed by atoms with E-state index < -0.39 is 0 Å². The molecule has 0 spiro atoms. The number of halogens is 2. The smallest absolute Gasteiger partial charge is 0.253 e. The number of aryl methyl sites for hydroxylation is 2. The maximum atomic E-state index is 12.2. The van der Waals surface area contributed by atoms with Crippen LogP contribution in [0.4, 0.5) is 0 Å². The minimum absolute atomic E-state index is 0. The lowest BCUT2D eigenvalue weighted by molar-refractivity contribution is 0.0930. The van der Waals surface area contributed by atoms with Crippen molar-refractivity contribution in [2.75, 3.05) is 13.1 Å². The van der Waals surface area contributed by atoms with Crippen molar-refractivity contribution >= 4 is 30.7 Å². The molecular formula is C16H23Cl2N5O. The lowest BCUT2D eigenvalue weighted by atomic mass is 10.1. The van der Waals surface area contributed by atoms with Gasteiger partial charge in [0.2, 0.25) is 0 Å². The maximum Gasteiger partial charge on any atom is 0.253 e. The van der Waals surface area contributed by atoms with Crippen LogP contribution in [0.1, 0.15) is 34.6 Å². The Morgan fingerprint density at radius 2 is 2.12 bits per heavy atom. The number of aromatic nitrogens is 3. The van der Waals surface area contributed by atoms with Crippen LogP contribution in [0.5, 0.6) is 0 Å². The van der Waals surface area contributed by atoms with Crippen molar-refractivity contribution < 1.29 is 4.79 Å². The highest BCUT2D eigenvalue weighted by Gasteiger charge is 2.16. The van der Waals surface area contributed by atoms with E-state index in [4.69, 9.17) is 0 Å². The van der Waals surface area contributed by atoms with E-state index >= 15 is 0 Å². The average molecular weight is 372 g/mol. The predicted octanol–water partition coefficient (Wildman–Crippen LogP) is 2.21. The molecule has 1 aliphatic heterocycles. The molecule has 24 heavy (non-hydrogen) atoms. The molecular weight excluding hydrogens is 349 g/mol. The Balaban J connectivity index is 0.00000144. The molecule has 2 aromatic heterocycles. The molecule has 2 aromatic rings. The molecule has 132 valence electrons. The number of nitrogens with zero attached hydrogens (tertiary/aromatic N) is 3. The highest BCUT2D eigenvalue weighted by atomic mass is 35.5. The minimum Gasteiger partial charge on any atom is -0.348 e. The first-order chi connectivity index (χ1) is 10.6. The summed E-state index contributed by atoms with van der Waals surface area (Å²) in [6, 6.07) is 5.83. The highest BCUT2D eigenvalue weighted by Crippen LogP contribution is 2.11. The summed E-state index contributed by atoms with van der Waals surface area (Å²) in [6.07, 6.45) is 3.73. The molecule has 0 radical (unpaired) electrons. The van der Waals surface area contributed by atoms with Gasteiger partial charge in [0, 0.05) is 24.5 Å². The van der Waals surface area contributed by atoms with E-state index in [2.05, 4.69) is 20.7 Å². The third-order valence-corrected chi connectivity index (χ3v) is 3.87. The molecule has 1 aliphatic rings. The van der Waals surface area contributed by atoms with E-state index in [9.17, 15) is 4.79 Å².